The number of ether oxygens (including phenoxy) is 2. The highest BCUT2D eigenvalue weighted by atomic mass is 16.6. The Morgan fingerprint density at radius 3 is 2.56 bits per heavy atom. The van der Waals surface area contributed by atoms with Gasteiger partial charge in [0.05, 0.1) is 13.2 Å². The molecule has 0 spiro atoms. The minimum Gasteiger partial charge on any atom is -0.444 e. The van der Waals surface area contributed by atoms with E-state index in [9.17, 15) is 14.4 Å². The van der Waals surface area contributed by atoms with Crippen LogP contribution in [-0.4, -0.2) is 66.0 Å². The number of carbonyl (C=O) groups excluding carboxylic acids is 3. The maximum Gasteiger partial charge on any atom is 0.411 e. The summed E-state index contributed by atoms with van der Waals surface area (Å²) in [6.45, 7) is 6.85. The fourth-order valence-electron chi connectivity index (χ4n) is 2.83. The molecular formula is C20H28N2O5. The summed E-state index contributed by atoms with van der Waals surface area (Å²) >= 11 is 0. The molecule has 27 heavy (non-hydrogen) atoms. The highest BCUT2D eigenvalue weighted by molar-refractivity contribution is 5.87. The third-order valence-electron chi connectivity index (χ3n) is 4.12. The number of hydrogen-bond acceptors (Lipinski definition) is 5. The first kappa shape index (κ1) is 20.9. The van der Waals surface area contributed by atoms with Gasteiger partial charge in [0.1, 0.15) is 17.9 Å². The van der Waals surface area contributed by atoms with E-state index in [1.165, 1.54) is 4.90 Å². The number of piperazine rings is 1. The van der Waals surface area contributed by atoms with Gasteiger partial charge < -0.3 is 19.2 Å². The van der Waals surface area contributed by atoms with Crippen molar-refractivity contribution in [3.05, 3.63) is 35.9 Å². The molecule has 0 aliphatic carbocycles. The third-order valence-corrected chi connectivity index (χ3v) is 4.12. The Labute approximate surface area is 160 Å². The van der Waals surface area contributed by atoms with Crippen molar-refractivity contribution >= 4 is 18.3 Å². The molecule has 1 saturated heterocycles. The Balaban J connectivity index is 2.05. The topological polar surface area (TPSA) is 76.2 Å². The summed E-state index contributed by atoms with van der Waals surface area (Å²) in [6.07, 6.45) is 0.531. The summed E-state index contributed by atoms with van der Waals surface area (Å²) in [7, 11) is 0. The van der Waals surface area contributed by atoms with Gasteiger partial charge in [-0.2, -0.15) is 0 Å². The van der Waals surface area contributed by atoms with Crippen LogP contribution in [0.3, 0.4) is 0 Å². The van der Waals surface area contributed by atoms with Crippen molar-refractivity contribution in [3.63, 3.8) is 0 Å². The largest absolute Gasteiger partial charge is 0.444 e. The molecule has 1 fully saturated rings. The summed E-state index contributed by atoms with van der Waals surface area (Å²) in [5.41, 5.74) is 0.340. The molecule has 0 unspecified atom stereocenters. The lowest BCUT2D eigenvalue weighted by Crippen LogP contribution is -2.61. The quantitative estimate of drug-likeness (QED) is 0.682. The van der Waals surface area contributed by atoms with Gasteiger partial charge in [0.25, 0.3) is 0 Å². The monoisotopic (exact) mass is 376 g/mol. The molecule has 1 atom stereocenters. The van der Waals surface area contributed by atoms with Crippen LogP contribution in [-0.2, 0) is 25.7 Å². The van der Waals surface area contributed by atoms with Crippen molar-refractivity contribution in [1.29, 1.82) is 0 Å². The molecule has 7 heteroatoms. The lowest BCUT2D eigenvalue weighted by Gasteiger charge is -2.40. The molecule has 1 aromatic rings. The van der Waals surface area contributed by atoms with E-state index in [1.54, 1.807) is 25.7 Å². The van der Waals surface area contributed by atoms with Crippen LogP contribution in [0, 0.1) is 0 Å². The molecule has 0 bridgehead atoms. The van der Waals surface area contributed by atoms with Crippen molar-refractivity contribution in [2.45, 2.75) is 45.4 Å². The van der Waals surface area contributed by atoms with Crippen molar-refractivity contribution in [3.8, 4) is 0 Å². The fraction of sp³-hybridized carbons (Fsp3) is 0.550. The smallest absolute Gasteiger partial charge is 0.411 e. The molecule has 1 aromatic carbocycles. The zero-order valence-corrected chi connectivity index (χ0v) is 16.2. The van der Waals surface area contributed by atoms with Crippen LogP contribution in [0.15, 0.2) is 30.3 Å². The van der Waals surface area contributed by atoms with E-state index >= 15 is 0 Å². The Morgan fingerprint density at radius 1 is 1.22 bits per heavy atom. The molecular weight excluding hydrogens is 348 g/mol. The Morgan fingerprint density at radius 2 is 1.93 bits per heavy atom. The van der Waals surface area contributed by atoms with Crippen LogP contribution in [0.5, 0.6) is 0 Å². The zero-order chi connectivity index (χ0) is 19.9. The summed E-state index contributed by atoms with van der Waals surface area (Å²) < 4.78 is 11.2. The molecule has 1 aliphatic heterocycles. The Bertz CT molecular complexity index is 642. The molecule has 2 rings (SSSR count). The van der Waals surface area contributed by atoms with E-state index in [1.807, 2.05) is 30.3 Å². The summed E-state index contributed by atoms with van der Waals surface area (Å²) in [5.74, 6) is -0.220. The third kappa shape index (κ3) is 6.36. The highest BCUT2D eigenvalue weighted by Crippen LogP contribution is 2.18. The second-order valence-electron chi connectivity index (χ2n) is 7.47. The van der Waals surface area contributed by atoms with Crippen molar-refractivity contribution in [2.24, 2.45) is 0 Å². The number of nitrogens with zero attached hydrogens (tertiary/aromatic N) is 2. The van der Waals surface area contributed by atoms with Crippen LogP contribution in [0.25, 0.3) is 0 Å². The molecule has 1 aliphatic rings. The van der Waals surface area contributed by atoms with E-state index in [0.29, 0.717) is 26.2 Å². The lowest BCUT2D eigenvalue weighted by atomic mass is 10.1. The first-order valence-electron chi connectivity index (χ1n) is 9.15. The molecule has 0 N–H and O–H groups in total. The number of amides is 2. The molecule has 7 nitrogen and oxygen atoms in total. The molecule has 0 saturated carbocycles. The average Bonchev–Trinajstić information content (AvgIpc) is 2.61. The Hall–Kier alpha value is -2.41. The van der Waals surface area contributed by atoms with Crippen molar-refractivity contribution < 1.29 is 23.9 Å². The minimum atomic E-state index is -0.760. The number of aldehydes is 1. The van der Waals surface area contributed by atoms with E-state index in [0.717, 1.165) is 11.8 Å². The summed E-state index contributed by atoms with van der Waals surface area (Å²) in [6, 6.07) is 8.86. The summed E-state index contributed by atoms with van der Waals surface area (Å²) in [5, 5.41) is 0. The average molecular weight is 376 g/mol. The van der Waals surface area contributed by atoms with Gasteiger partial charge in [-0.25, -0.2) is 4.79 Å². The van der Waals surface area contributed by atoms with Gasteiger partial charge >= 0.3 is 6.09 Å². The highest BCUT2D eigenvalue weighted by Gasteiger charge is 2.39. The second-order valence-corrected chi connectivity index (χ2v) is 7.47. The maximum atomic E-state index is 12.8. The number of hydrogen-bond donors (Lipinski definition) is 0. The van der Waals surface area contributed by atoms with Gasteiger partial charge in [-0.05, 0) is 26.3 Å². The number of carbonyl (C=O) groups is 3. The van der Waals surface area contributed by atoms with E-state index in [-0.39, 0.29) is 18.9 Å². The first-order chi connectivity index (χ1) is 12.8. The normalized spacial score (nSPS) is 17.7. The van der Waals surface area contributed by atoms with Gasteiger partial charge in [-0.15, -0.1) is 0 Å². The predicted octanol–water partition coefficient (Wildman–Crippen LogP) is 2.24. The second kappa shape index (κ2) is 9.50. The van der Waals surface area contributed by atoms with Gasteiger partial charge in [-0.3, -0.25) is 9.69 Å². The first-order valence-corrected chi connectivity index (χ1v) is 9.15. The van der Waals surface area contributed by atoms with Gasteiger partial charge in [0, 0.05) is 26.1 Å². The van der Waals surface area contributed by atoms with Crippen LogP contribution >= 0.6 is 0 Å². The van der Waals surface area contributed by atoms with E-state index in [2.05, 4.69) is 0 Å². The standard InChI is InChI=1S/C20H28N2O5/c1-20(2,3)27-19(25)22-12-11-21(10-7-13-23)18(24)17(22)15-26-14-16-8-5-4-6-9-16/h4-6,8-9,13,17H,7,10-12,14-15H2,1-3H3/t17-/m0/s1. The number of benzene rings is 1. The fourth-order valence-corrected chi connectivity index (χ4v) is 2.83. The minimum absolute atomic E-state index is 0.0740. The molecule has 0 radical (unpaired) electrons. The van der Waals surface area contributed by atoms with Gasteiger partial charge in [0.15, 0.2) is 0 Å². The van der Waals surface area contributed by atoms with E-state index in [4.69, 9.17) is 9.47 Å². The lowest BCUT2D eigenvalue weighted by molar-refractivity contribution is -0.144. The van der Waals surface area contributed by atoms with Crippen LogP contribution in [0.4, 0.5) is 4.79 Å². The van der Waals surface area contributed by atoms with Gasteiger partial charge in [-0.1, -0.05) is 30.3 Å². The van der Waals surface area contributed by atoms with Gasteiger partial charge in [0.2, 0.25) is 5.91 Å². The molecule has 2 amide bonds. The SMILES string of the molecule is CC(C)(C)OC(=O)N1CCN(CCC=O)C(=O)[C@@H]1COCc1ccccc1. The Kier molecular flexibility index (Phi) is 7.36. The van der Waals surface area contributed by atoms with Crippen LogP contribution < -0.4 is 0 Å². The predicted molar refractivity (Wildman–Crippen MR) is 100 cm³/mol. The molecule has 148 valence electrons. The van der Waals surface area contributed by atoms with Crippen LogP contribution in [0.2, 0.25) is 0 Å². The zero-order valence-electron chi connectivity index (χ0n) is 16.2. The number of rotatable bonds is 7. The molecule has 0 aromatic heterocycles. The summed E-state index contributed by atoms with van der Waals surface area (Å²) in [4.78, 5) is 39.1. The van der Waals surface area contributed by atoms with Crippen molar-refractivity contribution in [2.75, 3.05) is 26.2 Å². The molecule has 1 heterocycles. The van der Waals surface area contributed by atoms with E-state index < -0.39 is 17.7 Å². The maximum absolute atomic E-state index is 12.8. The van der Waals surface area contributed by atoms with Crippen LogP contribution in [0.1, 0.15) is 32.8 Å². The van der Waals surface area contributed by atoms with Crippen molar-refractivity contribution in [1.82, 2.24) is 9.80 Å².